The predicted octanol–water partition coefficient (Wildman–Crippen LogP) is 1.96. The second kappa shape index (κ2) is 8.18. The lowest BCUT2D eigenvalue weighted by molar-refractivity contribution is 0.197. The molecule has 0 aromatic heterocycles. The fourth-order valence-electron chi connectivity index (χ4n) is 4.05. The molecule has 2 aromatic rings. The third-order valence-corrected chi connectivity index (χ3v) is 9.42. The molecule has 29 heavy (non-hydrogen) atoms. The molecular weight excluding hydrogens is 408 g/mol. The smallest absolute Gasteiger partial charge is 0.243 e. The Morgan fingerprint density at radius 2 is 1.45 bits per heavy atom. The van der Waals surface area contributed by atoms with Gasteiger partial charge >= 0.3 is 0 Å². The summed E-state index contributed by atoms with van der Waals surface area (Å²) in [4.78, 5) is 2.73. The number of fused-ring (bicyclic) bond motifs is 1. The maximum absolute atomic E-state index is 13.0. The molecule has 1 fully saturated rings. The molecule has 0 saturated carbocycles. The minimum Gasteiger partial charge on any atom is -0.300 e. The number of rotatable bonds is 6. The van der Waals surface area contributed by atoms with Gasteiger partial charge in [0.05, 0.1) is 15.5 Å². The van der Waals surface area contributed by atoms with Crippen molar-refractivity contribution in [1.82, 2.24) is 9.21 Å². The van der Waals surface area contributed by atoms with Crippen molar-refractivity contribution in [3.63, 3.8) is 0 Å². The Labute approximate surface area is 173 Å². The number of hydrogen-bond acceptors (Lipinski definition) is 5. The Hall–Kier alpha value is -1.74. The van der Waals surface area contributed by atoms with Crippen LogP contribution in [-0.2, 0) is 32.7 Å². The van der Waals surface area contributed by atoms with Gasteiger partial charge in [-0.3, -0.25) is 4.90 Å². The maximum Gasteiger partial charge on any atom is 0.243 e. The molecule has 0 radical (unpaired) electrons. The van der Waals surface area contributed by atoms with Crippen molar-refractivity contribution in [1.29, 1.82) is 0 Å². The van der Waals surface area contributed by atoms with Gasteiger partial charge in [0.2, 0.25) is 10.0 Å². The van der Waals surface area contributed by atoms with Crippen LogP contribution in [0.1, 0.15) is 17.5 Å². The number of sulfonamides is 1. The van der Waals surface area contributed by atoms with Crippen molar-refractivity contribution >= 4 is 19.9 Å². The Kier molecular flexibility index (Phi) is 5.79. The Morgan fingerprint density at radius 1 is 0.759 bits per heavy atom. The van der Waals surface area contributed by atoms with E-state index in [2.05, 4.69) is 0 Å². The van der Waals surface area contributed by atoms with Crippen LogP contribution in [0.5, 0.6) is 0 Å². The monoisotopic (exact) mass is 434 g/mol. The molecule has 0 amide bonds. The summed E-state index contributed by atoms with van der Waals surface area (Å²) >= 11 is 0. The van der Waals surface area contributed by atoms with E-state index in [4.69, 9.17) is 0 Å². The number of aryl methyl sites for hydroxylation is 2. The maximum atomic E-state index is 13.0. The third-order valence-electron chi connectivity index (χ3n) is 5.82. The van der Waals surface area contributed by atoms with Crippen LogP contribution in [-0.4, -0.2) is 64.5 Å². The molecule has 1 aliphatic carbocycles. The average molecular weight is 435 g/mol. The first kappa shape index (κ1) is 20.5. The fourth-order valence-corrected chi connectivity index (χ4v) is 6.83. The van der Waals surface area contributed by atoms with E-state index in [1.165, 1.54) is 9.87 Å². The second-order valence-electron chi connectivity index (χ2n) is 7.66. The largest absolute Gasteiger partial charge is 0.300 e. The van der Waals surface area contributed by atoms with Crippen LogP contribution < -0.4 is 0 Å². The van der Waals surface area contributed by atoms with Gasteiger partial charge in [0.15, 0.2) is 9.84 Å². The normalized spacial score (nSPS) is 18.6. The highest BCUT2D eigenvalue weighted by molar-refractivity contribution is 7.91. The van der Waals surface area contributed by atoms with Gasteiger partial charge in [0.1, 0.15) is 0 Å². The molecule has 2 aromatic carbocycles. The second-order valence-corrected chi connectivity index (χ2v) is 11.7. The van der Waals surface area contributed by atoms with Gasteiger partial charge in [-0.2, -0.15) is 4.31 Å². The molecule has 0 unspecified atom stereocenters. The van der Waals surface area contributed by atoms with Crippen molar-refractivity contribution in [3.8, 4) is 0 Å². The molecule has 0 spiro atoms. The van der Waals surface area contributed by atoms with Gasteiger partial charge in [-0.05, 0) is 54.7 Å². The average Bonchev–Trinajstić information content (AvgIpc) is 3.21. The minimum atomic E-state index is -3.50. The SMILES string of the molecule is O=S(=O)(CCN1CCN(S(=O)(=O)c2ccc3c(c2)CCC3)CC1)c1ccccc1. The molecule has 1 heterocycles. The lowest BCUT2D eigenvalue weighted by Gasteiger charge is -2.34. The lowest BCUT2D eigenvalue weighted by atomic mass is 10.1. The quantitative estimate of drug-likeness (QED) is 0.695. The number of benzene rings is 2. The fraction of sp³-hybridized carbons (Fsp3) is 0.429. The number of nitrogens with zero attached hydrogens (tertiary/aromatic N) is 2. The van der Waals surface area contributed by atoms with E-state index in [9.17, 15) is 16.8 Å². The molecule has 156 valence electrons. The molecule has 0 N–H and O–H groups in total. The summed E-state index contributed by atoms with van der Waals surface area (Å²) in [6.45, 7) is 2.24. The van der Waals surface area contributed by atoms with E-state index in [-0.39, 0.29) is 5.75 Å². The zero-order valence-electron chi connectivity index (χ0n) is 16.3. The van der Waals surface area contributed by atoms with Crippen LogP contribution in [0.4, 0.5) is 0 Å². The van der Waals surface area contributed by atoms with Crippen LogP contribution in [0.15, 0.2) is 58.3 Å². The first-order valence-electron chi connectivity index (χ1n) is 9.98. The van der Waals surface area contributed by atoms with Gasteiger partial charge in [0.25, 0.3) is 0 Å². The van der Waals surface area contributed by atoms with Gasteiger partial charge in [0, 0.05) is 32.7 Å². The highest BCUT2D eigenvalue weighted by Gasteiger charge is 2.29. The Balaban J connectivity index is 1.35. The highest BCUT2D eigenvalue weighted by Crippen LogP contribution is 2.26. The van der Waals surface area contributed by atoms with Gasteiger partial charge < -0.3 is 0 Å². The highest BCUT2D eigenvalue weighted by atomic mass is 32.2. The van der Waals surface area contributed by atoms with Gasteiger partial charge in [-0.15, -0.1) is 0 Å². The third kappa shape index (κ3) is 4.40. The summed E-state index contributed by atoms with van der Waals surface area (Å²) in [5, 5.41) is 0. The predicted molar refractivity (Wildman–Crippen MR) is 112 cm³/mol. The lowest BCUT2D eigenvalue weighted by Crippen LogP contribution is -2.49. The van der Waals surface area contributed by atoms with Crippen molar-refractivity contribution in [3.05, 3.63) is 59.7 Å². The van der Waals surface area contributed by atoms with E-state index >= 15 is 0 Å². The van der Waals surface area contributed by atoms with E-state index in [0.717, 1.165) is 24.8 Å². The molecule has 1 aliphatic heterocycles. The van der Waals surface area contributed by atoms with Crippen LogP contribution >= 0.6 is 0 Å². The molecule has 2 aliphatic rings. The summed E-state index contributed by atoms with van der Waals surface area (Å²) < 4.78 is 52.4. The zero-order valence-corrected chi connectivity index (χ0v) is 18.0. The summed E-state index contributed by atoms with van der Waals surface area (Å²) in [5.74, 6) is 0.0363. The van der Waals surface area contributed by atoms with Crippen LogP contribution in [0.25, 0.3) is 0 Å². The zero-order chi connectivity index (χ0) is 20.5. The first-order valence-corrected chi connectivity index (χ1v) is 13.1. The van der Waals surface area contributed by atoms with Gasteiger partial charge in [-0.1, -0.05) is 24.3 Å². The molecule has 0 atom stereocenters. The van der Waals surface area contributed by atoms with E-state index in [1.54, 1.807) is 36.4 Å². The van der Waals surface area contributed by atoms with Crippen molar-refractivity contribution < 1.29 is 16.8 Å². The van der Waals surface area contributed by atoms with E-state index < -0.39 is 19.9 Å². The topological polar surface area (TPSA) is 74.8 Å². The number of sulfone groups is 1. The van der Waals surface area contributed by atoms with Crippen LogP contribution in [0.3, 0.4) is 0 Å². The summed E-state index contributed by atoms with van der Waals surface area (Å²) in [7, 11) is -6.83. The van der Waals surface area contributed by atoms with Crippen molar-refractivity contribution in [2.24, 2.45) is 0 Å². The number of hydrogen-bond donors (Lipinski definition) is 0. The first-order chi connectivity index (χ1) is 13.9. The molecule has 4 rings (SSSR count). The van der Waals surface area contributed by atoms with E-state index in [1.807, 2.05) is 17.0 Å². The molecule has 6 nitrogen and oxygen atoms in total. The molecule has 1 saturated heterocycles. The van der Waals surface area contributed by atoms with Crippen LogP contribution in [0, 0.1) is 0 Å². The van der Waals surface area contributed by atoms with E-state index in [0.29, 0.717) is 42.5 Å². The standard InChI is InChI=1S/C21H26N2O4S2/c24-28(25,20-7-2-1-3-8-20)16-15-22-11-13-23(14-12-22)29(26,27)21-10-9-18-5-4-6-19(18)17-21/h1-3,7-10,17H,4-6,11-16H2. The van der Waals surface area contributed by atoms with Crippen molar-refractivity contribution in [2.45, 2.75) is 29.1 Å². The van der Waals surface area contributed by atoms with Crippen LogP contribution in [0.2, 0.25) is 0 Å². The minimum absolute atomic E-state index is 0.0363. The summed E-state index contributed by atoms with van der Waals surface area (Å²) in [6.07, 6.45) is 3.06. The Bertz CT molecular complexity index is 1070. The Morgan fingerprint density at radius 3 is 2.17 bits per heavy atom. The molecular formula is C21H26N2O4S2. The summed E-state index contributed by atoms with van der Waals surface area (Å²) in [5.41, 5.74) is 2.41. The number of piperazine rings is 1. The van der Waals surface area contributed by atoms with Gasteiger partial charge in [-0.25, -0.2) is 16.8 Å². The summed E-state index contributed by atoms with van der Waals surface area (Å²) in [6, 6.07) is 13.9. The molecule has 8 heteroatoms. The van der Waals surface area contributed by atoms with Crippen molar-refractivity contribution in [2.75, 3.05) is 38.5 Å². The molecule has 0 bridgehead atoms.